The van der Waals surface area contributed by atoms with E-state index < -0.39 is 0 Å². The average Bonchev–Trinajstić information content (AvgIpc) is 3.23. The molecule has 1 aliphatic heterocycles. The predicted octanol–water partition coefficient (Wildman–Crippen LogP) is 3.46. The summed E-state index contributed by atoms with van der Waals surface area (Å²) < 4.78 is 0. The molecular weight excluding hydrogens is 352 g/mol. The minimum atomic E-state index is -0.253. The maximum Gasteiger partial charge on any atom is 0.265 e. The predicted molar refractivity (Wildman–Crippen MR) is 114 cm³/mol. The molecule has 0 aromatic heterocycles. The number of anilines is 2. The van der Waals surface area contributed by atoms with Crippen molar-refractivity contribution >= 4 is 23.1 Å². The van der Waals surface area contributed by atoms with Crippen LogP contribution in [0.2, 0.25) is 0 Å². The zero-order chi connectivity index (χ0) is 19.8. The van der Waals surface area contributed by atoms with E-state index in [0.717, 1.165) is 30.8 Å². The fourth-order valence-electron chi connectivity index (χ4n) is 3.28. The third-order valence-electron chi connectivity index (χ3n) is 4.85. The fraction of sp³-hybridized carbons (Fsp3) is 0.364. The summed E-state index contributed by atoms with van der Waals surface area (Å²) in [5.41, 5.74) is 10.1. The number of hydrogen-bond donors (Lipinski definition) is 2. The van der Waals surface area contributed by atoms with E-state index in [0.29, 0.717) is 12.3 Å². The number of hydrogen-bond acceptors (Lipinski definition) is 4. The van der Waals surface area contributed by atoms with Crippen LogP contribution in [0.5, 0.6) is 0 Å². The van der Waals surface area contributed by atoms with Gasteiger partial charge in [-0.15, -0.1) is 0 Å². The van der Waals surface area contributed by atoms with E-state index >= 15 is 0 Å². The number of carbonyl (C=O) groups is 1. The molecule has 3 N–H and O–H groups in total. The van der Waals surface area contributed by atoms with Crippen molar-refractivity contribution in [3.05, 3.63) is 59.7 Å². The molecule has 6 heteroatoms. The van der Waals surface area contributed by atoms with Crippen molar-refractivity contribution in [1.82, 2.24) is 0 Å². The molecule has 1 aliphatic rings. The van der Waals surface area contributed by atoms with Crippen LogP contribution in [0.1, 0.15) is 30.4 Å². The smallest absolute Gasteiger partial charge is 0.265 e. The van der Waals surface area contributed by atoms with Crippen LogP contribution < -0.4 is 16.0 Å². The molecule has 148 valence electrons. The molecule has 2 aromatic rings. The molecule has 0 atom stereocenters. The van der Waals surface area contributed by atoms with Crippen molar-refractivity contribution in [2.45, 2.75) is 32.6 Å². The number of nitrogens with zero attached hydrogens (tertiary/aromatic N) is 2. The van der Waals surface area contributed by atoms with Gasteiger partial charge in [-0.1, -0.05) is 35.5 Å². The van der Waals surface area contributed by atoms with Gasteiger partial charge in [-0.3, -0.25) is 4.79 Å². The molecule has 1 heterocycles. The van der Waals surface area contributed by atoms with Gasteiger partial charge in [0.25, 0.3) is 5.91 Å². The fourth-order valence-corrected chi connectivity index (χ4v) is 3.28. The number of amidine groups is 1. The summed E-state index contributed by atoms with van der Waals surface area (Å²) in [5, 5.41) is 6.70. The lowest BCUT2D eigenvalue weighted by Crippen LogP contribution is -2.20. The van der Waals surface area contributed by atoms with Crippen molar-refractivity contribution in [2.24, 2.45) is 10.9 Å². The molecule has 0 aliphatic carbocycles. The van der Waals surface area contributed by atoms with Crippen LogP contribution in [-0.2, 0) is 16.1 Å². The first-order chi connectivity index (χ1) is 13.6. The van der Waals surface area contributed by atoms with Crippen LogP contribution in [0.25, 0.3) is 0 Å². The minimum absolute atomic E-state index is 0.167. The highest BCUT2D eigenvalue weighted by Crippen LogP contribution is 2.25. The highest BCUT2D eigenvalue weighted by molar-refractivity contribution is 5.92. The number of nitrogens with one attached hydrogen (secondary N) is 1. The normalized spacial score (nSPS) is 14.2. The van der Waals surface area contributed by atoms with Gasteiger partial charge in [-0.2, -0.15) is 0 Å². The molecule has 0 saturated carbocycles. The van der Waals surface area contributed by atoms with Gasteiger partial charge in [0.1, 0.15) is 5.84 Å². The van der Waals surface area contributed by atoms with Crippen LogP contribution in [0.15, 0.2) is 53.7 Å². The van der Waals surface area contributed by atoms with Gasteiger partial charge in [-0.05, 0) is 55.5 Å². The third kappa shape index (κ3) is 5.74. The summed E-state index contributed by atoms with van der Waals surface area (Å²) in [4.78, 5) is 19.6. The van der Waals surface area contributed by atoms with E-state index in [-0.39, 0.29) is 12.5 Å². The Hall–Kier alpha value is -3.02. The van der Waals surface area contributed by atoms with Crippen LogP contribution in [-0.4, -0.2) is 31.4 Å². The molecule has 1 fully saturated rings. The van der Waals surface area contributed by atoms with Crippen molar-refractivity contribution in [2.75, 3.05) is 29.9 Å². The van der Waals surface area contributed by atoms with Gasteiger partial charge in [0.2, 0.25) is 0 Å². The molecule has 3 rings (SSSR count). The molecule has 1 amide bonds. The number of carbonyl (C=O) groups excluding carboxylic acids is 1. The Morgan fingerprint density at radius 3 is 2.64 bits per heavy atom. The maximum atomic E-state index is 12.1. The Bertz CT molecular complexity index is 815. The number of aryl methyl sites for hydroxylation is 2. The number of amides is 1. The third-order valence-corrected chi connectivity index (χ3v) is 4.85. The van der Waals surface area contributed by atoms with Gasteiger partial charge in [-0.25, -0.2) is 0 Å². The summed E-state index contributed by atoms with van der Waals surface area (Å²) in [6, 6.07) is 16.1. The molecule has 28 heavy (non-hydrogen) atoms. The second-order valence-corrected chi connectivity index (χ2v) is 7.08. The average molecular weight is 380 g/mol. The molecule has 0 spiro atoms. The number of oxime groups is 1. The van der Waals surface area contributed by atoms with Crippen LogP contribution in [0, 0.1) is 6.92 Å². The Morgan fingerprint density at radius 1 is 1.18 bits per heavy atom. The summed E-state index contributed by atoms with van der Waals surface area (Å²) >= 11 is 0. The number of benzene rings is 2. The zero-order valence-electron chi connectivity index (χ0n) is 16.4. The zero-order valence-corrected chi connectivity index (χ0v) is 16.4. The topological polar surface area (TPSA) is 80.0 Å². The largest absolute Gasteiger partial charge is 0.384 e. The van der Waals surface area contributed by atoms with E-state index in [1.54, 1.807) is 0 Å². The molecule has 0 radical (unpaired) electrons. The Kier molecular flexibility index (Phi) is 6.89. The number of rotatable bonds is 8. The molecule has 2 aromatic carbocycles. The summed E-state index contributed by atoms with van der Waals surface area (Å²) in [7, 11) is 0. The Balaban J connectivity index is 1.43. The first-order valence-corrected chi connectivity index (χ1v) is 9.75. The Morgan fingerprint density at radius 2 is 1.93 bits per heavy atom. The van der Waals surface area contributed by atoms with Gasteiger partial charge in [0.05, 0.1) is 0 Å². The SMILES string of the molecule is Cc1cc(N2CCCC2)ccc1NC(=O)CO/N=C(\N)CCc1ccccc1. The van der Waals surface area contributed by atoms with Gasteiger partial charge >= 0.3 is 0 Å². The second-order valence-electron chi connectivity index (χ2n) is 7.08. The molecule has 6 nitrogen and oxygen atoms in total. The maximum absolute atomic E-state index is 12.1. The quantitative estimate of drug-likeness (QED) is 0.418. The van der Waals surface area contributed by atoms with Gasteiger partial charge in [0, 0.05) is 30.9 Å². The van der Waals surface area contributed by atoms with Crippen LogP contribution in [0.4, 0.5) is 11.4 Å². The lowest BCUT2D eigenvalue weighted by Gasteiger charge is -2.19. The standard InChI is InChI=1S/C22H28N4O2/c1-17-15-19(26-13-5-6-14-26)10-11-20(17)24-22(27)16-28-25-21(23)12-9-18-7-3-2-4-8-18/h2-4,7-8,10-11,15H,5-6,9,12-14,16H2,1H3,(H2,23,25)(H,24,27). The molecular formula is C22H28N4O2. The van der Waals surface area contributed by atoms with E-state index in [4.69, 9.17) is 10.6 Å². The molecule has 0 unspecified atom stereocenters. The monoisotopic (exact) mass is 380 g/mol. The summed E-state index contributed by atoms with van der Waals surface area (Å²) in [5.74, 6) is 0.124. The van der Waals surface area contributed by atoms with Gasteiger partial charge in [0.15, 0.2) is 6.61 Å². The lowest BCUT2D eigenvalue weighted by molar-refractivity contribution is -0.120. The summed E-state index contributed by atoms with van der Waals surface area (Å²) in [6.45, 7) is 4.03. The second kappa shape index (κ2) is 9.78. The highest BCUT2D eigenvalue weighted by atomic mass is 16.6. The van der Waals surface area contributed by atoms with Crippen molar-refractivity contribution in [3.8, 4) is 0 Å². The highest BCUT2D eigenvalue weighted by Gasteiger charge is 2.13. The molecule has 1 saturated heterocycles. The molecule has 0 bridgehead atoms. The van der Waals surface area contributed by atoms with Crippen molar-refractivity contribution < 1.29 is 9.63 Å². The van der Waals surface area contributed by atoms with E-state index in [2.05, 4.69) is 27.5 Å². The minimum Gasteiger partial charge on any atom is -0.384 e. The van der Waals surface area contributed by atoms with Crippen LogP contribution in [0.3, 0.4) is 0 Å². The first-order valence-electron chi connectivity index (χ1n) is 9.75. The lowest BCUT2D eigenvalue weighted by atomic mass is 10.1. The van der Waals surface area contributed by atoms with E-state index in [1.807, 2.05) is 43.3 Å². The Labute approximate surface area is 166 Å². The van der Waals surface area contributed by atoms with E-state index in [9.17, 15) is 4.79 Å². The van der Waals surface area contributed by atoms with Crippen LogP contribution >= 0.6 is 0 Å². The van der Waals surface area contributed by atoms with E-state index in [1.165, 1.54) is 24.1 Å². The van der Waals surface area contributed by atoms with Gasteiger partial charge < -0.3 is 20.8 Å². The van der Waals surface area contributed by atoms with Crippen molar-refractivity contribution in [1.29, 1.82) is 0 Å². The summed E-state index contributed by atoms with van der Waals surface area (Å²) in [6.07, 6.45) is 3.85. The van der Waals surface area contributed by atoms with Crippen molar-refractivity contribution in [3.63, 3.8) is 0 Å². The first kappa shape index (κ1) is 19.7. The number of nitrogens with two attached hydrogens (primary N) is 1.